The van der Waals surface area contributed by atoms with E-state index in [9.17, 15) is 34.2 Å². The highest BCUT2D eigenvalue weighted by molar-refractivity contribution is 8.02. The predicted octanol–water partition coefficient (Wildman–Crippen LogP) is 10.3. The molecule has 2 aliphatic heterocycles. The lowest BCUT2D eigenvalue weighted by atomic mass is 9.77. The quantitative estimate of drug-likeness (QED) is 0.0129. The molecule has 2 amide bonds. The Kier molecular flexibility index (Phi) is 15.6. The molecule has 1 unspecified atom stereocenters. The number of anilines is 2. The van der Waals surface area contributed by atoms with Crippen LogP contribution in [0.1, 0.15) is 55.1 Å². The van der Waals surface area contributed by atoms with Crippen LogP contribution >= 0.6 is 57.7 Å². The molecule has 16 nitrogen and oxygen atoms in total. The number of thioether (sulfide) groups is 2. The standard InChI is InChI=1S/C59H46N8O8S5/c68-49-45(53(71)72)55(80-66-49)77-33-36-32-76-52-47(51(70)67(52)48(36)54(73)74)62-50(69)46(44-35-79-57(61-44)64-59(40-25-13-4-14-26-40,41-27-15-5-16-28-41)42-29-17-6-18-30-42)65-75-31-43-34-78-56(60-43)63-58(37-19-7-1-8-20-37,38-21-9-2-10-22-38)39-23-11-3-12-24-39/h1-30,34-35,47,52H,31-33H2,(H,60,63)(H,61,64)(H,62,69)(H,66,68)(H,71,72)(H,73,74)/t47?,52-/m0/s1. The summed E-state index contributed by atoms with van der Waals surface area (Å²) in [6.45, 7) is -0.159. The number of aliphatic carboxylic acids is 1. The van der Waals surface area contributed by atoms with Crippen LogP contribution in [0.5, 0.6) is 0 Å². The van der Waals surface area contributed by atoms with Crippen molar-refractivity contribution in [1.82, 2.24) is 24.6 Å². The Hall–Kier alpha value is -8.60. The molecule has 5 heterocycles. The first-order chi connectivity index (χ1) is 39.0. The predicted molar refractivity (Wildman–Crippen MR) is 314 cm³/mol. The summed E-state index contributed by atoms with van der Waals surface area (Å²) in [5.41, 5.74) is 3.24. The number of carbonyl (C=O) groups excluding carboxylic acids is 2. The van der Waals surface area contributed by atoms with Crippen molar-refractivity contribution in [3.8, 4) is 0 Å². The van der Waals surface area contributed by atoms with Gasteiger partial charge in [0.1, 0.15) is 33.9 Å². The first-order valence-corrected chi connectivity index (χ1v) is 29.4. The van der Waals surface area contributed by atoms with Gasteiger partial charge in [-0.1, -0.05) is 199 Å². The third-order valence-corrected chi connectivity index (χ3v) is 18.7. The Morgan fingerprint density at radius 1 is 0.662 bits per heavy atom. The van der Waals surface area contributed by atoms with Gasteiger partial charge in [0.2, 0.25) is 0 Å². The van der Waals surface area contributed by atoms with Gasteiger partial charge in [0.15, 0.2) is 28.1 Å². The van der Waals surface area contributed by atoms with Crippen LogP contribution in [0, 0.1) is 0 Å². The molecule has 2 atom stereocenters. The number of nitrogens with zero attached hydrogens (tertiary/aromatic N) is 4. The fourth-order valence-corrected chi connectivity index (χ4v) is 14.8. The molecule has 3 aromatic heterocycles. The minimum atomic E-state index is -1.41. The second-order valence-electron chi connectivity index (χ2n) is 18.2. The number of β-lactam (4-membered cyclic amide) rings is 1. The fraction of sp³-hybridized carbons (Fsp3) is 0.119. The largest absolute Gasteiger partial charge is 0.477 e. The van der Waals surface area contributed by atoms with E-state index in [-0.39, 0.29) is 39.4 Å². The topological polar surface area (TPSA) is 228 Å². The highest BCUT2D eigenvalue weighted by Gasteiger charge is 2.54. The molecule has 6 N–H and O–H groups in total. The van der Waals surface area contributed by atoms with Crippen molar-refractivity contribution in [3.63, 3.8) is 0 Å². The van der Waals surface area contributed by atoms with Crippen LogP contribution in [0.4, 0.5) is 10.3 Å². The molecule has 400 valence electrons. The average Bonchev–Trinajstić information content (AvgIpc) is 4.31. The molecule has 2 aliphatic rings. The molecule has 0 spiro atoms. The molecular formula is C59H46N8O8S5. The number of carbonyl (C=O) groups is 4. The second kappa shape index (κ2) is 23.4. The van der Waals surface area contributed by atoms with Crippen molar-refractivity contribution in [2.75, 3.05) is 22.1 Å². The average molecular weight is 1160 g/mol. The first kappa shape index (κ1) is 53.4. The Morgan fingerprint density at radius 3 is 1.59 bits per heavy atom. The van der Waals surface area contributed by atoms with E-state index in [1.54, 1.807) is 5.38 Å². The molecule has 0 radical (unpaired) electrons. The third-order valence-electron chi connectivity index (χ3n) is 13.5. The summed E-state index contributed by atoms with van der Waals surface area (Å²) < 4.78 is 2.58. The fourth-order valence-electron chi connectivity index (χ4n) is 9.85. The van der Waals surface area contributed by atoms with Crippen molar-refractivity contribution in [1.29, 1.82) is 0 Å². The molecule has 0 saturated carbocycles. The van der Waals surface area contributed by atoms with Crippen molar-refractivity contribution in [2.45, 2.75) is 33.3 Å². The minimum absolute atomic E-state index is 0.00479. The lowest BCUT2D eigenvalue weighted by molar-refractivity contribution is -0.150. The number of carboxylic acid groups (broad SMARTS) is 2. The Bertz CT molecular complexity index is 3630. The minimum Gasteiger partial charge on any atom is -0.477 e. The summed E-state index contributed by atoms with van der Waals surface area (Å²) in [7, 11) is 0. The van der Waals surface area contributed by atoms with E-state index < -0.39 is 57.4 Å². The highest BCUT2D eigenvalue weighted by atomic mass is 32.2. The van der Waals surface area contributed by atoms with Crippen molar-refractivity contribution in [3.05, 3.63) is 265 Å². The number of nitrogens with one attached hydrogen (secondary N) is 4. The van der Waals surface area contributed by atoms with E-state index >= 15 is 0 Å². The second-order valence-corrected chi connectivity index (χ2v) is 23.1. The van der Waals surface area contributed by atoms with Crippen LogP contribution in [-0.2, 0) is 36.9 Å². The van der Waals surface area contributed by atoms with Crippen molar-refractivity contribution in [2.24, 2.45) is 5.16 Å². The van der Waals surface area contributed by atoms with Crippen LogP contribution < -0.4 is 21.5 Å². The third kappa shape index (κ3) is 10.4. The number of rotatable bonds is 21. The van der Waals surface area contributed by atoms with Gasteiger partial charge in [-0.2, -0.15) is 0 Å². The number of aromatic nitrogens is 3. The van der Waals surface area contributed by atoms with Gasteiger partial charge in [0, 0.05) is 22.3 Å². The number of carboxylic acids is 2. The number of thiazole rings is 2. The lowest BCUT2D eigenvalue weighted by Gasteiger charge is -2.49. The summed E-state index contributed by atoms with van der Waals surface area (Å²) >= 11 is 5.70. The Balaban J connectivity index is 0.902. The van der Waals surface area contributed by atoms with Gasteiger partial charge in [-0.25, -0.2) is 19.6 Å². The van der Waals surface area contributed by atoms with Crippen LogP contribution in [0.3, 0.4) is 0 Å². The molecule has 21 heteroatoms. The van der Waals surface area contributed by atoms with E-state index in [1.807, 2.05) is 151 Å². The highest BCUT2D eigenvalue weighted by Crippen LogP contribution is 2.44. The number of fused-ring (bicyclic) bond motifs is 1. The number of H-pyrrole nitrogens is 1. The number of hydrogen-bond acceptors (Lipinski definition) is 16. The SMILES string of the molecule is O=C(O)C1=C(CSc2s[nH]c(=O)c2C(=O)O)CS[C@H]2C(NC(=O)C(=NOCc3csc(NC(c4ccccc4)(c4ccccc4)c4ccccc4)n3)c3csc(NC(c4ccccc4)(c4ccccc4)c4ccccc4)n3)C(=O)N12. The number of aromatic amines is 1. The van der Waals surface area contributed by atoms with Gasteiger partial charge < -0.3 is 31.0 Å². The van der Waals surface area contributed by atoms with Gasteiger partial charge in [-0.15, -0.1) is 46.2 Å². The maximum absolute atomic E-state index is 14.8. The zero-order valence-electron chi connectivity index (χ0n) is 41.9. The molecule has 0 bridgehead atoms. The molecule has 80 heavy (non-hydrogen) atoms. The van der Waals surface area contributed by atoms with Crippen molar-refractivity contribution >= 4 is 97.5 Å². The first-order valence-electron chi connectivity index (χ1n) is 24.8. The van der Waals surface area contributed by atoms with Crippen LogP contribution in [-0.4, -0.2) is 81.8 Å². The molecule has 1 fully saturated rings. The summed E-state index contributed by atoms with van der Waals surface area (Å²) in [6, 6.07) is 59.2. The van der Waals surface area contributed by atoms with E-state index in [0.717, 1.165) is 61.6 Å². The molecule has 0 aliphatic carbocycles. The van der Waals surface area contributed by atoms with E-state index in [4.69, 9.17) is 14.8 Å². The number of oxime groups is 1. The van der Waals surface area contributed by atoms with Crippen LogP contribution in [0.2, 0.25) is 0 Å². The van der Waals surface area contributed by atoms with Gasteiger partial charge in [0.25, 0.3) is 17.4 Å². The zero-order chi connectivity index (χ0) is 55.2. The maximum Gasteiger partial charge on any atom is 0.352 e. The summed E-state index contributed by atoms with van der Waals surface area (Å²) in [5.74, 6) is -4.12. The van der Waals surface area contributed by atoms with Gasteiger partial charge in [0.05, 0.1) is 9.90 Å². The summed E-state index contributed by atoms with van der Waals surface area (Å²) in [4.78, 5) is 82.7. The molecule has 6 aromatic carbocycles. The normalized spacial score (nSPS) is 15.4. The van der Waals surface area contributed by atoms with Crippen LogP contribution in [0.15, 0.2) is 218 Å². The van der Waals surface area contributed by atoms with Gasteiger partial charge in [-0.05, 0) is 39.0 Å². The summed E-state index contributed by atoms with van der Waals surface area (Å²) in [5, 5.41) is 38.6. The number of aromatic carboxylic acids is 1. The van der Waals surface area contributed by atoms with Gasteiger partial charge in [-0.3, -0.25) is 23.7 Å². The maximum atomic E-state index is 14.8. The Morgan fingerprint density at radius 2 is 1.12 bits per heavy atom. The lowest BCUT2D eigenvalue weighted by Crippen LogP contribution is -2.71. The van der Waals surface area contributed by atoms with E-state index in [2.05, 4.69) is 61.9 Å². The molecule has 11 rings (SSSR count). The number of benzene rings is 6. The van der Waals surface area contributed by atoms with Crippen LogP contribution in [0.25, 0.3) is 0 Å². The van der Waals surface area contributed by atoms with Crippen molar-refractivity contribution < 1.29 is 34.2 Å². The number of hydrogen-bond donors (Lipinski definition) is 6. The van der Waals surface area contributed by atoms with E-state index in [0.29, 0.717) is 21.5 Å². The molecular weight excluding hydrogens is 1110 g/mol. The molecule has 1 saturated heterocycles. The smallest absolute Gasteiger partial charge is 0.352 e. The number of amides is 2. The zero-order valence-corrected chi connectivity index (χ0v) is 46.0. The molecule has 9 aromatic rings. The van der Waals surface area contributed by atoms with Gasteiger partial charge >= 0.3 is 11.9 Å². The summed E-state index contributed by atoms with van der Waals surface area (Å²) in [6.07, 6.45) is 0. The van der Waals surface area contributed by atoms with E-state index in [1.165, 1.54) is 34.4 Å². The Labute approximate surface area is 478 Å². The monoisotopic (exact) mass is 1150 g/mol.